The van der Waals surface area contributed by atoms with Crippen LogP contribution in [0.4, 0.5) is 0 Å². The number of aryl methyl sites for hydroxylation is 1. The second kappa shape index (κ2) is 17.4. The number of esters is 2. The minimum absolute atomic E-state index is 0.0337. The number of Topliss-reactive ketones (excluding diaryl/α,β-unsaturated/α-hetero) is 3. The summed E-state index contributed by atoms with van der Waals surface area (Å²) >= 11 is 0. The lowest BCUT2D eigenvalue weighted by Gasteiger charge is -2.00. The zero-order chi connectivity index (χ0) is 28.5. The van der Waals surface area contributed by atoms with Gasteiger partial charge in [-0.3, -0.25) is 24.0 Å². The van der Waals surface area contributed by atoms with Crippen molar-refractivity contribution >= 4 is 41.1 Å². The summed E-state index contributed by atoms with van der Waals surface area (Å²) in [5.74, 6) is 0.105. The van der Waals surface area contributed by atoms with E-state index in [9.17, 15) is 28.8 Å². The second-order valence-corrected chi connectivity index (χ2v) is 8.07. The van der Waals surface area contributed by atoms with Crippen LogP contribution in [-0.4, -0.2) is 48.3 Å². The lowest BCUT2D eigenvalue weighted by Crippen LogP contribution is -2.07. The Kier molecular flexibility index (Phi) is 14.6. The molecule has 0 aliphatic carbocycles. The van der Waals surface area contributed by atoms with Gasteiger partial charge in [-0.1, -0.05) is 0 Å². The van der Waals surface area contributed by atoms with E-state index >= 15 is 0 Å². The number of furan rings is 2. The zero-order valence-corrected chi connectivity index (χ0v) is 22.2. The molecule has 0 aromatic carbocycles. The molecular weight excluding hydrogens is 496 g/mol. The normalized spacial score (nSPS) is 10.4. The lowest BCUT2D eigenvalue weighted by molar-refractivity contribution is -0.143. The third-order valence-corrected chi connectivity index (χ3v) is 4.77. The highest BCUT2D eigenvalue weighted by atomic mass is 16.5. The van der Waals surface area contributed by atoms with Crippen molar-refractivity contribution in [1.29, 1.82) is 0 Å². The van der Waals surface area contributed by atoms with Gasteiger partial charge in [-0.15, -0.1) is 0 Å². The van der Waals surface area contributed by atoms with Crippen molar-refractivity contribution in [3.8, 4) is 0 Å². The molecule has 0 bridgehead atoms. The monoisotopic (exact) mass is 530 g/mol. The number of ether oxygens (including phenoxy) is 2. The highest BCUT2D eigenvalue weighted by Crippen LogP contribution is 2.14. The highest BCUT2D eigenvalue weighted by Gasteiger charge is 2.15. The fourth-order valence-electron chi connectivity index (χ4n) is 2.90. The summed E-state index contributed by atoms with van der Waals surface area (Å²) in [5.41, 5.74) is 0. The molecule has 0 atom stereocenters. The average molecular weight is 531 g/mol. The van der Waals surface area contributed by atoms with Crippen molar-refractivity contribution in [2.24, 2.45) is 0 Å². The Morgan fingerprint density at radius 3 is 1.74 bits per heavy atom. The van der Waals surface area contributed by atoms with Crippen molar-refractivity contribution in [2.75, 3.05) is 13.2 Å². The van der Waals surface area contributed by atoms with Crippen LogP contribution in [0.15, 0.2) is 39.2 Å². The molecule has 0 fully saturated rings. The van der Waals surface area contributed by atoms with Crippen LogP contribution < -0.4 is 0 Å². The molecule has 0 saturated carbocycles. The van der Waals surface area contributed by atoms with Crippen molar-refractivity contribution < 1.29 is 47.1 Å². The lowest BCUT2D eigenvalue weighted by atomic mass is 10.2. The van der Waals surface area contributed by atoms with E-state index in [1.165, 1.54) is 32.1 Å². The maximum Gasteiger partial charge on any atom is 0.306 e. The van der Waals surface area contributed by atoms with Gasteiger partial charge in [0.1, 0.15) is 17.3 Å². The maximum atomic E-state index is 11.7. The molecule has 206 valence electrons. The molecule has 0 radical (unpaired) electrons. The molecule has 0 unspecified atom stereocenters. The fraction of sp³-hybridized carbons (Fsp3) is 0.429. The summed E-state index contributed by atoms with van der Waals surface area (Å²) in [6, 6.07) is 6.37. The summed E-state index contributed by atoms with van der Waals surface area (Å²) in [6.07, 6.45) is 3.92. The summed E-state index contributed by atoms with van der Waals surface area (Å²) < 4.78 is 20.0. The summed E-state index contributed by atoms with van der Waals surface area (Å²) in [6.45, 7) is 6.96. The van der Waals surface area contributed by atoms with Crippen LogP contribution in [0.25, 0.3) is 6.08 Å². The Balaban J connectivity index is 0.000000380. The molecule has 2 aromatic heterocycles. The maximum absolute atomic E-state index is 11.7. The summed E-state index contributed by atoms with van der Waals surface area (Å²) in [4.78, 5) is 67.3. The number of hydrogen-bond acceptors (Lipinski definition) is 10. The molecular formula is C28H34O10. The largest absolute Gasteiger partial charge is 0.466 e. The second-order valence-electron chi connectivity index (χ2n) is 8.07. The van der Waals surface area contributed by atoms with Gasteiger partial charge in [0.25, 0.3) is 0 Å². The first kappa shape index (κ1) is 31.9. The van der Waals surface area contributed by atoms with E-state index < -0.39 is 5.97 Å². The van der Waals surface area contributed by atoms with Gasteiger partial charge < -0.3 is 23.1 Å². The predicted molar refractivity (Wildman–Crippen MR) is 137 cm³/mol. The van der Waals surface area contributed by atoms with Crippen LogP contribution >= 0.6 is 0 Å². The number of ketones is 4. The SMILES string of the molecule is CCOC(=O)CCC(=O)c1ccc(/C=C/C(C)=O)o1.CCOC(=O)CCC(=O)c1ccc(CCC(C)=O)o1. The Labute approximate surface area is 221 Å². The van der Waals surface area contributed by atoms with Crippen LogP contribution in [-0.2, 0) is 35.1 Å². The van der Waals surface area contributed by atoms with Crippen LogP contribution in [0.3, 0.4) is 0 Å². The Bertz CT molecular complexity index is 1130. The first-order chi connectivity index (χ1) is 18.0. The molecule has 0 aliphatic rings. The van der Waals surface area contributed by atoms with Gasteiger partial charge in [0.05, 0.1) is 26.1 Å². The molecule has 2 aromatic rings. The van der Waals surface area contributed by atoms with Gasteiger partial charge in [0, 0.05) is 25.7 Å². The van der Waals surface area contributed by atoms with Crippen molar-refractivity contribution in [3.63, 3.8) is 0 Å². The molecule has 0 N–H and O–H groups in total. The molecule has 38 heavy (non-hydrogen) atoms. The van der Waals surface area contributed by atoms with E-state index in [4.69, 9.17) is 18.3 Å². The van der Waals surface area contributed by atoms with Gasteiger partial charge in [0.2, 0.25) is 0 Å². The van der Waals surface area contributed by atoms with Gasteiger partial charge in [-0.25, -0.2) is 0 Å². The van der Waals surface area contributed by atoms with E-state index in [1.807, 2.05) is 0 Å². The van der Waals surface area contributed by atoms with E-state index in [1.54, 1.807) is 32.0 Å². The number of rotatable bonds is 15. The van der Waals surface area contributed by atoms with Crippen LogP contribution in [0, 0.1) is 0 Å². The van der Waals surface area contributed by atoms with Gasteiger partial charge >= 0.3 is 11.9 Å². The first-order valence-electron chi connectivity index (χ1n) is 12.3. The fourth-order valence-corrected chi connectivity index (χ4v) is 2.90. The first-order valence-corrected chi connectivity index (χ1v) is 12.3. The standard InChI is InChI=1S/C14H18O5.C14H16O5/c2*1-3-18-14(17)9-7-12(16)13-8-6-11(19-13)5-4-10(2)15/h6,8H,3-5,7,9H2,1-2H3;4-6,8H,3,7,9H2,1-2H3/b;5-4+. The van der Waals surface area contributed by atoms with Crippen LogP contribution in [0.1, 0.15) is 92.4 Å². The molecule has 10 nitrogen and oxygen atoms in total. The van der Waals surface area contributed by atoms with Gasteiger partial charge in [0.15, 0.2) is 28.9 Å². The van der Waals surface area contributed by atoms with E-state index in [0.717, 1.165) is 0 Å². The molecule has 0 aliphatic heterocycles. The number of carbonyl (C=O) groups excluding carboxylic acids is 6. The average Bonchev–Trinajstić information content (AvgIpc) is 3.54. The molecule has 2 rings (SSSR count). The quantitative estimate of drug-likeness (QED) is 0.180. The van der Waals surface area contributed by atoms with Gasteiger partial charge in [-0.05, 0) is 64.1 Å². The molecule has 0 saturated heterocycles. The van der Waals surface area contributed by atoms with E-state index in [2.05, 4.69) is 0 Å². The Hall–Kier alpha value is -4.08. The topological polar surface area (TPSA) is 147 Å². The highest BCUT2D eigenvalue weighted by molar-refractivity contribution is 5.96. The smallest absolute Gasteiger partial charge is 0.306 e. The van der Waals surface area contributed by atoms with Gasteiger partial charge in [-0.2, -0.15) is 0 Å². The molecule has 10 heteroatoms. The minimum atomic E-state index is -0.404. The number of carbonyl (C=O) groups is 6. The molecule has 0 amide bonds. The summed E-state index contributed by atoms with van der Waals surface area (Å²) in [7, 11) is 0. The predicted octanol–water partition coefficient (Wildman–Crippen LogP) is 4.74. The number of hydrogen-bond donors (Lipinski definition) is 0. The van der Waals surface area contributed by atoms with Crippen molar-refractivity contribution in [1.82, 2.24) is 0 Å². The zero-order valence-electron chi connectivity index (χ0n) is 22.2. The number of allylic oxidation sites excluding steroid dienone is 1. The van der Waals surface area contributed by atoms with Crippen molar-refractivity contribution in [3.05, 3.63) is 53.4 Å². The molecule has 0 spiro atoms. The third kappa shape index (κ3) is 13.3. The third-order valence-electron chi connectivity index (χ3n) is 4.77. The molecule has 2 heterocycles. The Morgan fingerprint density at radius 1 is 0.711 bits per heavy atom. The van der Waals surface area contributed by atoms with E-state index in [0.29, 0.717) is 37.6 Å². The van der Waals surface area contributed by atoms with Crippen LogP contribution in [0.5, 0.6) is 0 Å². The van der Waals surface area contributed by atoms with Crippen molar-refractivity contribution in [2.45, 2.75) is 66.2 Å². The summed E-state index contributed by atoms with van der Waals surface area (Å²) in [5, 5.41) is 0. The van der Waals surface area contributed by atoms with Crippen LogP contribution in [0.2, 0.25) is 0 Å². The minimum Gasteiger partial charge on any atom is -0.466 e. The van der Waals surface area contributed by atoms with E-state index in [-0.39, 0.29) is 66.3 Å². The Morgan fingerprint density at radius 2 is 1.24 bits per heavy atom.